The van der Waals surface area contributed by atoms with E-state index in [-0.39, 0.29) is 24.8 Å². The van der Waals surface area contributed by atoms with Gasteiger partial charge >= 0.3 is 5.97 Å². The van der Waals surface area contributed by atoms with Crippen LogP contribution < -0.4 is 14.8 Å². The summed E-state index contributed by atoms with van der Waals surface area (Å²) in [6.45, 7) is -0.0402. The van der Waals surface area contributed by atoms with Crippen molar-refractivity contribution in [3.8, 4) is 11.5 Å². The van der Waals surface area contributed by atoms with E-state index in [1.54, 1.807) is 18.2 Å². The van der Waals surface area contributed by atoms with Gasteiger partial charge in [0.1, 0.15) is 23.9 Å². The van der Waals surface area contributed by atoms with Crippen molar-refractivity contribution in [2.24, 2.45) is 5.92 Å². The number of benzene rings is 2. The molecule has 0 spiro atoms. The molecular weight excluding hydrogens is 377 g/mol. The molecule has 8 heteroatoms. The van der Waals surface area contributed by atoms with E-state index in [4.69, 9.17) is 21.1 Å². The molecular formula is C19H17ClFNO5. The molecule has 2 atom stereocenters. The highest BCUT2D eigenvalue weighted by Crippen LogP contribution is 2.29. The fraction of sp³-hybridized carbons (Fsp3) is 0.263. The molecule has 2 aromatic carbocycles. The first-order valence-electron chi connectivity index (χ1n) is 8.26. The Bertz CT molecular complexity index is 842. The number of hydrogen-bond acceptors (Lipinski definition) is 4. The lowest BCUT2D eigenvalue weighted by atomic mass is 9.96. The number of fused-ring (bicyclic) bond motifs is 1. The topological polar surface area (TPSA) is 84.9 Å². The van der Waals surface area contributed by atoms with Crippen molar-refractivity contribution in [2.45, 2.75) is 12.5 Å². The van der Waals surface area contributed by atoms with Crippen molar-refractivity contribution in [3.63, 3.8) is 0 Å². The third-order valence-electron chi connectivity index (χ3n) is 4.13. The summed E-state index contributed by atoms with van der Waals surface area (Å²) < 4.78 is 23.8. The minimum absolute atomic E-state index is 0.191. The first kappa shape index (κ1) is 19.0. The molecule has 2 N–H and O–H groups in total. The minimum atomic E-state index is -1.30. The lowest BCUT2D eigenvalue weighted by Gasteiger charge is -2.25. The second-order valence-electron chi connectivity index (χ2n) is 6.11. The van der Waals surface area contributed by atoms with Crippen LogP contribution in [0.2, 0.25) is 5.02 Å². The van der Waals surface area contributed by atoms with Crippen LogP contribution in [-0.2, 0) is 16.0 Å². The average molecular weight is 394 g/mol. The Morgan fingerprint density at radius 1 is 1.30 bits per heavy atom. The first-order valence-corrected chi connectivity index (χ1v) is 8.64. The molecule has 0 aliphatic carbocycles. The number of aliphatic carboxylic acids is 1. The zero-order valence-corrected chi connectivity index (χ0v) is 14.9. The van der Waals surface area contributed by atoms with Crippen LogP contribution in [0.4, 0.5) is 4.39 Å². The molecule has 2 unspecified atom stereocenters. The lowest BCUT2D eigenvalue weighted by Crippen LogP contribution is -2.44. The Hall–Kier alpha value is -2.80. The number of halogens is 2. The summed E-state index contributed by atoms with van der Waals surface area (Å²) in [4.78, 5) is 23.8. The summed E-state index contributed by atoms with van der Waals surface area (Å²) in [5.41, 5.74) is 0.825. The Morgan fingerprint density at radius 2 is 2.04 bits per heavy atom. The van der Waals surface area contributed by atoms with Crippen LogP contribution in [0.3, 0.4) is 0 Å². The molecule has 0 bridgehead atoms. The molecule has 142 valence electrons. The van der Waals surface area contributed by atoms with Crippen LogP contribution in [0.1, 0.15) is 5.56 Å². The molecule has 27 heavy (non-hydrogen) atoms. The average Bonchev–Trinajstić information content (AvgIpc) is 2.65. The molecule has 0 radical (unpaired) electrons. The number of nitrogens with one attached hydrogen (secondary N) is 1. The van der Waals surface area contributed by atoms with Crippen molar-refractivity contribution < 1.29 is 28.6 Å². The molecule has 0 saturated heterocycles. The summed E-state index contributed by atoms with van der Waals surface area (Å²) in [5.74, 6) is -1.61. The highest BCUT2D eigenvalue weighted by molar-refractivity contribution is 6.30. The molecule has 1 aliphatic rings. The predicted molar refractivity (Wildman–Crippen MR) is 95.6 cm³/mol. The van der Waals surface area contributed by atoms with Gasteiger partial charge in [-0.3, -0.25) is 4.79 Å². The smallest absolute Gasteiger partial charge is 0.346 e. The molecule has 1 amide bonds. The lowest BCUT2D eigenvalue weighted by molar-refractivity contribution is -0.145. The van der Waals surface area contributed by atoms with Crippen molar-refractivity contribution in [1.82, 2.24) is 5.32 Å². The van der Waals surface area contributed by atoms with Gasteiger partial charge in [-0.15, -0.1) is 0 Å². The van der Waals surface area contributed by atoms with Crippen LogP contribution in [0.25, 0.3) is 0 Å². The van der Waals surface area contributed by atoms with Gasteiger partial charge < -0.3 is 19.9 Å². The van der Waals surface area contributed by atoms with Crippen LogP contribution in [0, 0.1) is 11.7 Å². The normalized spacial score (nSPS) is 16.6. The van der Waals surface area contributed by atoms with Gasteiger partial charge in [-0.2, -0.15) is 0 Å². The number of hydrogen-bond donors (Lipinski definition) is 2. The summed E-state index contributed by atoms with van der Waals surface area (Å²) in [7, 11) is 0. The Kier molecular flexibility index (Phi) is 5.81. The number of ether oxygens (including phenoxy) is 2. The van der Waals surface area contributed by atoms with Gasteiger partial charge in [0.05, 0.1) is 12.5 Å². The SMILES string of the molecule is O=C(NCC(Oc1ccc(F)cc1)C(=O)O)C1COc2ccc(Cl)cc2C1. The summed E-state index contributed by atoms with van der Waals surface area (Å²) in [6.07, 6.45) is -0.858. The molecule has 1 heterocycles. The summed E-state index contributed by atoms with van der Waals surface area (Å²) in [6, 6.07) is 10.2. The maximum Gasteiger partial charge on any atom is 0.346 e. The van der Waals surface area contributed by atoms with Crippen molar-refractivity contribution in [2.75, 3.05) is 13.2 Å². The van der Waals surface area contributed by atoms with Gasteiger partial charge in [-0.05, 0) is 54.4 Å². The van der Waals surface area contributed by atoms with E-state index in [2.05, 4.69) is 5.32 Å². The standard InChI is InChI=1S/C19H17ClFNO5/c20-13-1-6-16-11(8-13)7-12(10-26-16)18(23)22-9-17(19(24)25)27-15-4-2-14(21)3-5-15/h1-6,8,12,17H,7,9-10H2,(H,22,23)(H,24,25). The number of amides is 1. The molecule has 0 fully saturated rings. The number of carbonyl (C=O) groups excluding carboxylic acids is 1. The van der Waals surface area contributed by atoms with Crippen molar-refractivity contribution in [1.29, 1.82) is 0 Å². The van der Waals surface area contributed by atoms with Crippen molar-refractivity contribution in [3.05, 3.63) is 58.9 Å². The molecule has 0 aromatic heterocycles. The van der Waals surface area contributed by atoms with Crippen LogP contribution in [-0.4, -0.2) is 36.2 Å². The molecule has 1 aliphatic heterocycles. The number of carboxylic acid groups (broad SMARTS) is 1. The van der Waals surface area contributed by atoms with E-state index in [0.29, 0.717) is 17.2 Å². The minimum Gasteiger partial charge on any atom is -0.492 e. The fourth-order valence-corrected chi connectivity index (χ4v) is 2.92. The fourth-order valence-electron chi connectivity index (χ4n) is 2.73. The third kappa shape index (κ3) is 4.89. The molecule has 6 nitrogen and oxygen atoms in total. The predicted octanol–water partition coefficient (Wildman–Crippen LogP) is 2.68. The second kappa shape index (κ2) is 8.26. The van der Waals surface area contributed by atoms with E-state index < -0.39 is 23.8 Å². The van der Waals surface area contributed by atoms with E-state index in [0.717, 1.165) is 17.7 Å². The molecule has 0 saturated carbocycles. The Labute approximate surface area is 159 Å². The van der Waals surface area contributed by atoms with Gasteiger partial charge in [0.15, 0.2) is 0 Å². The van der Waals surface area contributed by atoms with Gasteiger partial charge in [0.2, 0.25) is 12.0 Å². The highest BCUT2D eigenvalue weighted by atomic mass is 35.5. The van der Waals surface area contributed by atoms with E-state index >= 15 is 0 Å². The second-order valence-corrected chi connectivity index (χ2v) is 6.54. The zero-order valence-electron chi connectivity index (χ0n) is 14.2. The number of carboxylic acids is 1. The van der Waals surface area contributed by atoms with Crippen molar-refractivity contribution >= 4 is 23.5 Å². The molecule has 3 rings (SSSR count). The quantitative estimate of drug-likeness (QED) is 0.788. The summed E-state index contributed by atoms with van der Waals surface area (Å²) in [5, 5.41) is 12.4. The van der Waals surface area contributed by atoms with Crippen LogP contribution in [0.5, 0.6) is 11.5 Å². The zero-order chi connectivity index (χ0) is 19.4. The third-order valence-corrected chi connectivity index (χ3v) is 4.36. The largest absolute Gasteiger partial charge is 0.492 e. The Morgan fingerprint density at radius 3 is 2.74 bits per heavy atom. The van der Waals surface area contributed by atoms with Gasteiger partial charge in [0, 0.05) is 5.02 Å². The van der Waals surface area contributed by atoms with Gasteiger partial charge in [-0.25, -0.2) is 9.18 Å². The van der Waals surface area contributed by atoms with E-state index in [1.807, 2.05) is 0 Å². The maximum atomic E-state index is 12.9. The van der Waals surface area contributed by atoms with Gasteiger partial charge in [-0.1, -0.05) is 11.6 Å². The summed E-state index contributed by atoms with van der Waals surface area (Å²) >= 11 is 5.97. The first-order chi connectivity index (χ1) is 12.9. The molecule has 2 aromatic rings. The highest BCUT2D eigenvalue weighted by Gasteiger charge is 2.28. The Balaban J connectivity index is 1.58. The number of rotatable bonds is 6. The van der Waals surface area contributed by atoms with E-state index in [1.165, 1.54) is 12.1 Å². The monoisotopic (exact) mass is 393 g/mol. The number of carbonyl (C=O) groups is 2. The maximum absolute atomic E-state index is 12.9. The van der Waals surface area contributed by atoms with E-state index in [9.17, 15) is 19.1 Å². The van der Waals surface area contributed by atoms with Crippen LogP contribution >= 0.6 is 11.6 Å². The van der Waals surface area contributed by atoms with Crippen LogP contribution in [0.15, 0.2) is 42.5 Å². The van der Waals surface area contributed by atoms with Gasteiger partial charge in [0.25, 0.3) is 0 Å².